The highest BCUT2D eigenvalue weighted by molar-refractivity contribution is 7.92. The molecule has 0 atom stereocenters. The number of aryl methyl sites for hydroxylation is 3. The molecule has 0 unspecified atom stereocenters. The van der Waals surface area contributed by atoms with E-state index in [1.165, 1.54) is 29.7 Å². The number of anilines is 2. The van der Waals surface area contributed by atoms with Crippen LogP contribution >= 0.6 is 0 Å². The fourth-order valence-corrected chi connectivity index (χ4v) is 4.74. The lowest BCUT2D eigenvalue weighted by Crippen LogP contribution is -2.26. The number of pyridine rings is 1. The highest BCUT2D eigenvalue weighted by Gasteiger charge is 2.22. The van der Waals surface area contributed by atoms with Gasteiger partial charge in [-0.05, 0) is 69.3 Å². The number of rotatable bonds is 6. The molecular weight excluding hydrogens is 450 g/mol. The second kappa shape index (κ2) is 9.11. The van der Waals surface area contributed by atoms with Crippen molar-refractivity contribution in [2.75, 3.05) is 16.7 Å². The van der Waals surface area contributed by atoms with Gasteiger partial charge >= 0.3 is 0 Å². The third kappa shape index (κ3) is 4.69. The summed E-state index contributed by atoms with van der Waals surface area (Å²) in [4.78, 5) is 17.2. The van der Waals surface area contributed by atoms with E-state index in [-0.39, 0.29) is 10.5 Å². The van der Waals surface area contributed by atoms with Gasteiger partial charge in [0, 0.05) is 18.3 Å². The Morgan fingerprint density at radius 3 is 2.32 bits per heavy atom. The highest BCUT2D eigenvalue weighted by Crippen LogP contribution is 2.23. The van der Waals surface area contributed by atoms with Crippen LogP contribution in [0.15, 0.2) is 77.8 Å². The van der Waals surface area contributed by atoms with Crippen LogP contribution in [0, 0.1) is 20.8 Å². The molecule has 0 fully saturated rings. The topological polar surface area (TPSA) is 97.2 Å². The van der Waals surface area contributed by atoms with Crippen molar-refractivity contribution in [2.45, 2.75) is 25.7 Å². The normalized spacial score (nSPS) is 11.3. The van der Waals surface area contributed by atoms with Crippen molar-refractivity contribution < 1.29 is 13.2 Å². The highest BCUT2D eigenvalue weighted by atomic mass is 32.2. The van der Waals surface area contributed by atoms with Gasteiger partial charge in [-0.2, -0.15) is 5.10 Å². The van der Waals surface area contributed by atoms with Crippen LogP contribution in [-0.4, -0.2) is 36.1 Å². The molecule has 2 aromatic carbocycles. The van der Waals surface area contributed by atoms with E-state index in [1.807, 2.05) is 39.0 Å². The molecular formula is C25H25N5O3S. The first-order valence-corrected chi connectivity index (χ1v) is 12.1. The van der Waals surface area contributed by atoms with E-state index in [2.05, 4.69) is 15.4 Å². The van der Waals surface area contributed by atoms with Crippen molar-refractivity contribution in [1.29, 1.82) is 0 Å². The molecule has 0 aliphatic rings. The number of nitrogens with zero attached hydrogens (tertiary/aromatic N) is 4. The fourth-order valence-electron chi connectivity index (χ4n) is 3.50. The van der Waals surface area contributed by atoms with Gasteiger partial charge in [0.05, 0.1) is 28.2 Å². The second-order valence-electron chi connectivity index (χ2n) is 8.03. The average Bonchev–Trinajstić information content (AvgIpc) is 3.17. The molecule has 9 heteroatoms. The molecule has 2 aromatic heterocycles. The molecule has 4 rings (SSSR count). The van der Waals surface area contributed by atoms with Crippen LogP contribution in [-0.2, 0) is 10.0 Å². The van der Waals surface area contributed by atoms with Crippen molar-refractivity contribution in [3.8, 4) is 5.82 Å². The van der Waals surface area contributed by atoms with Gasteiger partial charge < -0.3 is 5.32 Å². The predicted octanol–water partition coefficient (Wildman–Crippen LogP) is 4.27. The van der Waals surface area contributed by atoms with Crippen molar-refractivity contribution in [3.63, 3.8) is 0 Å². The molecule has 34 heavy (non-hydrogen) atoms. The molecule has 0 aliphatic heterocycles. The lowest BCUT2D eigenvalue weighted by Gasteiger charge is -2.20. The molecule has 0 saturated carbocycles. The molecule has 0 saturated heterocycles. The van der Waals surface area contributed by atoms with Crippen molar-refractivity contribution >= 4 is 27.3 Å². The quantitative estimate of drug-likeness (QED) is 0.449. The van der Waals surface area contributed by atoms with Crippen molar-refractivity contribution in [3.05, 3.63) is 95.4 Å². The molecule has 174 valence electrons. The van der Waals surface area contributed by atoms with Crippen LogP contribution in [0.1, 0.15) is 27.3 Å². The van der Waals surface area contributed by atoms with Crippen LogP contribution in [0.4, 0.5) is 11.4 Å². The van der Waals surface area contributed by atoms with Gasteiger partial charge in [0.15, 0.2) is 5.82 Å². The Kier molecular flexibility index (Phi) is 6.21. The Morgan fingerprint density at radius 2 is 1.71 bits per heavy atom. The number of carbonyl (C=O) groups is 1. The maximum absolute atomic E-state index is 13.1. The summed E-state index contributed by atoms with van der Waals surface area (Å²) >= 11 is 0. The van der Waals surface area contributed by atoms with E-state index in [4.69, 9.17) is 0 Å². The number of hydrogen-bond donors (Lipinski definition) is 1. The summed E-state index contributed by atoms with van der Waals surface area (Å²) < 4.78 is 29.2. The number of aromatic nitrogens is 3. The van der Waals surface area contributed by atoms with E-state index in [9.17, 15) is 13.2 Å². The maximum Gasteiger partial charge on any atom is 0.264 e. The Balaban J connectivity index is 1.52. The summed E-state index contributed by atoms with van der Waals surface area (Å²) in [5.41, 5.74) is 4.12. The Morgan fingerprint density at radius 1 is 0.971 bits per heavy atom. The standard InChI is InChI=1S/C25H25N5O3S/c1-17-8-11-22(12-9-17)29(4)34(32,33)23-7-5-6-20(15-23)25(31)27-21-10-13-24(26-16-21)30-19(3)14-18(2)28-30/h5-16H,1-4H3,(H,27,31). The number of nitrogens with one attached hydrogen (secondary N) is 1. The van der Waals surface area contributed by atoms with Gasteiger partial charge in [-0.3, -0.25) is 9.10 Å². The van der Waals surface area contributed by atoms with E-state index < -0.39 is 15.9 Å². The van der Waals surface area contributed by atoms with Gasteiger partial charge in [-0.1, -0.05) is 23.8 Å². The molecule has 1 N–H and O–H groups in total. The van der Waals surface area contributed by atoms with E-state index in [1.54, 1.807) is 41.1 Å². The van der Waals surface area contributed by atoms with Crippen LogP contribution in [0.2, 0.25) is 0 Å². The lowest BCUT2D eigenvalue weighted by molar-refractivity contribution is 0.102. The Labute approximate surface area is 198 Å². The predicted molar refractivity (Wildman–Crippen MR) is 132 cm³/mol. The summed E-state index contributed by atoms with van der Waals surface area (Å²) in [6, 6.07) is 18.6. The maximum atomic E-state index is 13.1. The number of sulfonamides is 1. The van der Waals surface area contributed by atoms with Gasteiger partial charge in [0.25, 0.3) is 15.9 Å². The van der Waals surface area contributed by atoms with Gasteiger partial charge in [-0.25, -0.2) is 18.1 Å². The molecule has 8 nitrogen and oxygen atoms in total. The second-order valence-corrected chi connectivity index (χ2v) is 10.0. The molecule has 0 bridgehead atoms. The monoisotopic (exact) mass is 475 g/mol. The van der Waals surface area contributed by atoms with E-state index >= 15 is 0 Å². The SMILES string of the molecule is Cc1ccc(N(C)S(=O)(=O)c2cccc(C(=O)Nc3ccc(-n4nc(C)cc4C)nc3)c2)cc1. The zero-order chi connectivity index (χ0) is 24.5. The summed E-state index contributed by atoms with van der Waals surface area (Å²) in [5.74, 6) is 0.200. The van der Waals surface area contributed by atoms with Crippen molar-refractivity contribution in [2.24, 2.45) is 0 Å². The number of benzene rings is 2. The zero-order valence-electron chi connectivity index (χ0n) is 19.4. The summed E-state index contributed by atoms with van der Waals surface area (Å²) in [5, 5.41) is 7.16. The van der Waals surface area contributed by atoms with Crippen molar-refractivity contribution in [1.82, 2.24) is 14.8 Å². The van der Waals surface area contributed by atoms with Crippen LogP contribution in [0.3, 0.4) is 0 Å². The smallest absolute Gasteiger partial charge is 0.264 e. The molecule has 1 amide bonds. The molecule has 0 spiro atoms. The number of carbonyl (C=O) groups excluding carboxylic acids is 1. The summed E-state index contributed by atoms with van der Waals surface area (Å²) in [7, 11) is -2.35. The zero-order valence-corrected chi connectivity index (χ0v) is 20.2. The Bertz CT molecular complexity index is 1440. The van der Waals surface area contributed by atoms with E-state index in [0.717, 1.165) is 17.0 Å². The minimum absolute atomic E-state index is 0.0289. The first kappa shape index (κ1) is 23.2. The molecule has 4 aromatic rings. The Hall–Kier alpha value is -3.98. The molecule has 2 heterocycles. The van der Waals surface area contributed by atoms with Crippen LogP contribution in [0.25, 0.3) is 5.82 Å². The number of hydrogen-bond acceptors (Lipinski definition) is 5. The first-order chi connectivity index (χ1) is 16.1. The third-order valence-electron chi connectivity index (χ3n) is 5.38. The van der Waals surface area contributed by atoms with Crippen LogP contribution in [0.5, 0.6) is 0 Å². The lowest BCUT2D eigenvalue weighted by atomic mass is 10.2. The molecule has 0 aliphatic carbocycles. The summed E-state index contributed by atoms with van der Waals surface area (Å²) in [6.45, 7) is 5.78. The average molecular weight is 476 g/mol. The minimum atomic E-state index is -3.84. The van der Waals surface area contributed by atoms with E-state index in [0.29, 0.717) is 17.2 Å². The first-order valence-electron chi connectivity index (χ1n) is 10.6. The van der Waals surface area contributed by atoms with Gasteiger partial charge in [-0.15, -0.1) is 0 Å². The van der Waals surface area contributed by atoms with Gasteiger partial charge in [0.1, 0.15) is 0 Å². The molecule has 0 radical (unpaired) electrons. The third-order valence-corrected chi connectivity index (χ3v) is 7.17. The largest absolute Gasteiger partial charge is 0.321 e. The fraction of sp³-hybridized carbons (Fsp3) is 0.160. The number of amides is 1. The minimum Gasteiger partial charge on any atom is -0.321 e. The summed E-state index contributed by atoms with van der Waals surface area (Å²) in [6.07, 6.45) is 1.54. The van der Waals surface area contributed by atoms with Gasteiger partial charge in [0.2, 0.25) is 0 Å². The van der Waals surface area contributed by atoms with Crippen LogP contribution < -0.4 is 9.62 Å².